The zero-order chi connectivity index (χ0) is 12.1. The van der Waals surface area contributed by atoms with Crippen LogP contribution in [-0.4, -0.2) is 23.2 Å². The molecule has 0 atom stereocenters. The van der Waals surface area contributed by atoms with Crippen molar-refractivity contribution in [3.05, 3.63) is 36.0 Å². The van der Waals surface area contributed by atoms with Gasteiger partial charge in [-0.05, 0) is 54.7 Å². The van der Waals surface area contributed by atoms with Gasteiger partial charge in [-0.3, -0.25) is 0 Å². The molecule has 0 aliphatic rings. The average molecular weight is 247 g/mol. The molecule has 1 aromatic heterocycles. The molecule has 3 N–H and O–H groups in total. The van der Waals surface area contributed by atoms with Gasteiger partial charge >= 0.3 is 0 Å². The second-order valence-electron chi connectivity index (χ2n) is 3.94. The van der Waals surface area contributed by atoms with Gasteiger partial charge in [-0.2, -0.15) is 0 Å². The average Bonchev–Trinajstić information content (AvgIpc) is 2.76. The van der Waals surface area contributed by atoms with E-state index < -0.39 is 0 Å². The highest BCUT2D eigenvalue weighted by atomic mass is 32.1. The summed E-state index contributed by atoms with van der Waals surface area (Å²) < 4.78 is 0. The third-order valence-corrected chi connectivity index (χ3v) is 2.94. The van der Waals surface area contributed by atoms with Crippen molar-refractivity contribution in [1.82, 2.24) is 15.6 Å². The second-order valence-corrected chi connectivity index (χ2v) is 4.34. The summed E-state index contributed by atoms with van der Waals surface area (Å²) in [5.41, 5.74) is 2.51. The van der Waals surface area contributed by atoms with Gasteiger partial charge in [0.2, 0.25) is 0 Å². The number of aromatic amines is 1. The Morgan fingerprint density at radius 3 is 3.00 bits per heavy atom. The number of nitrogens with one attached hydrogen (secondary N) is 3. The molecule has 17 heavy (non-hydrogen) atoms. The van der Waals surface area contributed by atoms with E-state index in [1.807, 2.05) is 13.1 Å². The van der Waals surface area contributed by atoms with Crippen LogP contribution in [0.5, 0.6) is 0 Å². The summed E-state index contributed by atoms with van der Waals surface area (Å²) in [6.45, 7) is 3.76. The van der Waals surface area contributed by atoms with Crippen LogP contribution in [-0.2, 0) is 6.42 Å². The zero-order valence-corrected chi connectivity index (χ0v) is 10.7. The van der Waals surface area contributed by atoms with Gasteiger partial charge in [0.25, 0.3) is 0 Å². The van der Waals surface area contributed by atoms with Gasteiger partial charge in [-0.25, -0.2) is 0 Å². The fourth-order valence-corrected chi connectivity index (χ4v) is 2.05. The highest BCUT2D eigenvalue weighted by Crippen LogP contribution is 2.14. The normalized spacial score (nSPS) is 10.4. The fraction of sp³-hybridized carbons (Fsp3) is 0.308. The Morgan fingerprint density at radius 1 is 1.29 bits per heavy atom. The maximum atomic E-state index is 5.10. The molecule has 0 saturated carbocycles. The van der Waals surface area contributed by atoms with Crippen LogP contribution in [0, 0.1) is 0 Å². The molecule has 90 valence electrons. The number of thiocarbonyl (C=S) groups is 1. The Labute approximate surface area is 107 Å². The highest BCUT2D eigenvalue weighted by Gasteiger charge is 1.98. The molecule has 1 heterocycles. The van der Waals surface area contributed by atoms with Gasteiger partial charge in [0.1, 0.15) is 0 Å². The van der Waals surface area contributed by atoms with Crippen LogP contribution < -0.4 is 10.6 Å². The highest BCUT2D eigenvalue weighted by molar-refractivity contribution is 7.80. The van der Waals surface area contributed by atoms with E-state index in [1.54, 1.807) is 0 Å². The maximum absolute atomic E-state index is 5.10. The van der Waals surface area contributed by atoms with Crippen LogP contribution in [0.25, 0.3) is 10.9 Å². The number of hydrogen-bond acceptors (Lipinski definition) is 1. The van der Waals surface area contributed by atoms with Crippen LogP contribution in [0.4, 0.5) is 0 Å². The zero-order valence-electron chi connectivity index (χ0n) is 9.92. The van der Waals surface area contributed by atoms with Crippen LogP contribution in [0.1, 0.15) is 12.5 Å². The SMILES string of the molecule is CCNC(=S)NCCc1ccc2[nH]ccc2c1. The molecule has 2 aromatic rings. The van der Waals surface area contributed by atoms with Crippen molar-refractivity contribution in [2.24, 2.45) is 0 Å². The first-order valence-corrected chi connectivity index (χ1v) is 6.28. The molecule has 0 bridgehead atoms. The Morgan fingerprint density at radius 2 is 2.18 bits per heavy atom. The van der Waals surface area contributed by atoms with Crippen molar-refractivity contribution < 1.29 is 0 Å². The number of hydrogen-bond donors (Lipinski definition) is 3. The molecule has 2 rings (SSSR count). The lowest BCUT2D eigenvalue weighted by atomic mass is 10.1. The smallest absolute Gasteiger partial charge is 0.166 e. The molecule has 0 unspecified atom stereocenters. The van der Waals surface area contributed by atoms with Crippen molar-refractivity contribution in [2.75, 3.05) is 13.1 Å². The van der Waals surface area contributed by atoms with E-state index in [0.29, 0.717) is 0 Å². The van der Waals surface area contributed by atoms with Crippen molar-refractivity contribution in [3.8, 4) is 0 Å². The van der Waals surface area contributed by atoms with Crippen molar-refractivity contribution >= 4 is 28.2 Å². The van der Waals surface area contributed by atoms with Gasteiger partial charge in [-0.15, -0.1) is 0 Å². The van der Waals surface area contributed by atoms with Crippen molar-refractivity contribution in [3.63, 3.8) is 0 Å². The van der Waals surface area contributed by atoms with Gasteiger partial charge < -0.3 is 15.6 Å². The minimum absolute atomic E-state index is 0.732. The standard InChI is InChI=1S/C13H17N3S/c1-2-14-13(17)16-7-5-10-3-4-12-11(9-10)6-8-15-12/h3-4,6,8-9,15H,2,5,7H2,1H3,(H2,14,16,17). The molecule has 0 saturated heterocycles. The summed E-state index contributed by atoms with van der Waals surface area (Å²) in [4.78, 5) is 3.19. The van der Waals surface area contributed by atoms with Gasteiger partial charge in [-0.1, -0.05) is 6.07 Å². The summed E-state index contributed by atoms with van der Waals surface area (Å²) in [5, 5.41) is 8.25. The van der Waals surface area contributed by atoms with Crippen molar-refractivity contribution in [2.45, 2.75) is 13.3 Å². The van der Waals surface area contributed by atoms with E-state index in [0.717, 1.165) is 24.6 Å². The molecular weight excluding hydrogens is 230 g/mol. The number of H-pyrrole nitrogens is 1. The molecular formula is C13H17N3S. The van der Waals surface area contributed by atoms with E-state index in [4.69, 9.17) is 12.2 Å². The molecule has 0 amide bonds. The van der Waals surface area contributed by atoms with Crippen molar-refractivity contribution in [1.29, 1.82) is 0 Å². The van der Waals surface area contributed by atoms with E-state index in [2.05, 4.69) is 39.9 Å². The molecule has 4 heteroatoms. The lowest BCUT2D eigenvalue weighted by molar-refractivity contribution is 0.830. The monoisotopic (exact) mass is 247 g/mol. The number of fused-ring (bicyclic) bond motifs is 1. The molecule has 0 aliphatic heterocycles. The Bertz CT molecular complexity index is 504. The minimum atomic E-state index is 0.732. The van der Waals surface area contributed by atoms with E-state index in [9.17, 15) is 0 Å². The fourth-order valence-electron chi connectivity index (χ4n) is 1.80. The van der Waals surface area contributed by atoms with Gasteiger partial charge in [0, 0.05) is 24.8 Å². The number of rotatable bonds is 4. The second kappa shape index (κ2) is 5.68. The molecule has 1 aromatic carbocycles. The molecule has 3 nitrogen and oxygen atoms in total. The Balaban J connectivity index is 1.88. The third-order valence-electron chi connectivity index (χ3n) is 2.65. The van der Waals surface area contributed by atoms with Crippen LogP contribution in [0.3, 0.4) is 0 Å². The number of aromatic nitrogens is 1. The van der Waals surface area contributed by atoms with Gasteiger partial charge in [0.05, 0.1) is 0 Å². The molecule has 0 fully saturated rings. The third kappa shape index (κ3) is 3.20. The first-order valence-electron chi connectivity index (χ1n) is 5.87. The predicted molar refractivity (Wildman–Crippen MR) is 76.3 cm³/mol. The Hall–Kier alpha value is -1.55. The maximum Gasteiger partial charge on any atom is 0.166 e. The lowest BCUT2D eigenvalue weighted by Gasteiger charge is -2.08. The van der Waals surface area contributed by atoms with Crippen LogP contribution in [0.2, 0.25) is 0 Å². The first-order chi connectivity index (χ1) is 8.29. The van der Waals surface area contributed by atoms with E-state index in [1.165, 1.54) is 16.5 Å². The summed E-state index contributed by atoms with van der Waals surface area (Å²) in [6, 6.07) is 8.57. The molecule has 0 radical (unpaired) electrons. The van der Waals surface area contributed by atoms with Crippen LogP contribution >= 0.6 is 12.2 Å². The summed E-state index contributed by atoms with van der Waals surface area (Å²) in [6.07, 6.45) is 2.94. The largest absolute Gasteiger partial charge is 0.363 e. The summed E-state index contributed by atoms with van der Waals surface area (Å²) in [7, 11) is 0. The van der Waals surface area contributed by atoms with E-state index in [-0.39, 0.29) is 0 Å². The quantitative estimate of drug-likeness (QED) is 0.725. The molecule has 0 aliphatic carbocycles. The predicted octanol–water partition coefficient (Wildman–Crippen LogP) is 2.19. The van der Waals surface area contributed by atoms with Crippen LogP contribution in [0.15, 0.2) is 30.5 Å². The van der Waals surface area contributed by atoms with Gasteiger partial charge in [0.15, 0.2) is 5.11 Å². The molecule has 0 spiro atoms. The van der Waals surface area contributed by atoms with E-state index >= 15 is 0 Å². The lowest BCUT2D eigenvalue weighted by Crippen LogP contribution is -2.36. The first kappa shape index (κ1) is 11.9. The Kier molecular flexibility index (Phi) is 3.98. The topological polar surface area (TPSA) is 39.8 Å². The summed E-state index contributed by atoms with van der Waals surface area (Å²) in [5.74, 6) is 0. The number of benzene rings is 1. The minimum Gasteiger partial charge on any atom is -0.363 e. The summed E-state index contributed by atoms with van der Waals surface area (Å²) >= 11 is 5.10.